The second kappa shape index (κ2) is 6.60. The Hall–Kier alpha value is -1.36. The van der Waals surface area contributed by atoms with Gasteiger partial charge in [0.2, 0.25) is 5.89 Å². The van der Waals surface area contributed by atoms with Crippen molar-refractivity contribution in [3.05, 3.63) is 17.8 Å². The number of nitrogens with zero attached hydrogens (tertiary/aromatic N) is 1. The Morgan fingerprint density at radius 3 is 2.81 bits per heavy atom. The summed E-state index contributed by atoms with van der Waals surface area (Å²) >= 11 is 0. The fourth-order valence-corrected chi connectivity index (χ4v) is 2.86. The molecule has 0 bridgehead atoms. The van der Waals surface area contributed by atoms with Gasteiger partial charge in [-0.25, -0.2) is 4.98 Å². The molecule has 4 unspecified atom stereocenters. The summed E-state index contributed by atoms with van der Waals surface area (Å²) in [5.41, 5.74) is 6.31. The third kappa shape index (κ3) is 3.64. The molecule has 21 heavy (non-hydrogen) atoms. The van der Waals surface area contributed by atoms with Gasteiger partial charge >= 0.3 is 0 Å². The molecule has 0 saturated heterocycles. The average Bonchev–Trinajstić information content (AvgIpc) is 2.92. The van der Waals surface area contributed by atoms with Crippen LogP contribution in [0.25, 0.3) is 0 Å². The maximum absolute atomic E-state index is 12.3. The molecule has 1 aromatic heterocycles. The van der Waals surface area contributed by atoms with E-state index >= 15 is 0 Å². The van der Waals surface area contributed by atoms with Gasteiger partial charge in [0.1, 0.15) is 6.26 Å². The summed E-state index contributed by atoms with van der Waals surface area (Å²) in [5.74, 6) is 1.63. The molecule has 1 amide bonds. The molecular formula is C16H27N3O2. The smallest absolute Gasteiger partial charge is 0.273 e. The van der Waals surface area contributed by atoms with Crippen molar-refractivity contribution in [2.24, 2.45) is 23.5 Å². The first-order valence-electron chi connectivity index (χ1n) is 7.92. The third-order valence-electron chi connectivity index (χ3n) is 4.78. The van der Waals surface area contributed by atoms with Gasteiger partial charge in [-0.1, -0.05) is 40.5 Å². The standard InChI is InChI=1S/C16H27N3O2/c1-9(2)14(17)16-19-13(8-21-16)15(20)18-12-7-5-6-10(3)11(12)4/h8-12,14H,5-7,17H2,1-4H3,(H,18,20). The second-order valence-electron chi connectivity index (χ2n) is 6.69. The van der Waals surface area contributed by atoms with E-state index in [-0.39, 0.29) is 23.9 Å². The summed E-state index contributed by atoms with van der Waals surface area (Å²) in [6, 6.07) is -0.0552. The molecule has 1 saturated carbocycles. The summed E-state index contributed by atoms with van der Waals surface area (Å²) in [4.78, 5) is 16.5. The van der Waals surface area contributed by atoms with Crippen LogP contribution in [0, 0.1) is 17.8 Å². The number of carbonyl (C=O) groups excluding carboxylic acids is 1. The molecule has 1 aliphatic rings. The van der Waals surface area contributed by atoms with Crippen LogP contribution in [0.4, 0.5) is 0 Å². The van der Waals surface area contributed by atoms with Crippen LogP contribution in [0.15, 0.2) is 10.7 Å². The first-order valence-corrected chi connectivity index (χ1v) is 7.92. The quantitative estimate of drug-likeness (QED) is 0.894. The zero-order valence-electron chi connectivity index (χ0n) is 13.4. The van der Waals surface area contributed by atoms with Crippen LogP contribution in [0.1, 0.15) is 69.4 Å². The molecule has 0 aromatic carbocycles. The molecule has 0 spiro atoms. The highest BCUT2D eigenvalue weighted by Gasteiger charge is 2.29. The van der Waals surface area contributed by atoms with Crippen LogP contribution in [0.2, 0.25) is 0 Å². The number of rotatable bonds is 4. The Morgan fingerprint density at radius 2 is 2.14 bits per heavy atom. The molecule has 5 nitrogen and oxygen atoms in total. The fourth-order valence-electron chi connectivity index (χ4n) is 2.86. The number of hydrogen-bond acceptors (Lipinski definition) is 4. The number of nitrogens with one attached hydrogen (secondary N) is 1. The van der Waals surface area contributed by atoms with Crippen molar-refractivity contribution < 1.29 is 9.21 Å². The Balaban J connectivity index is 2.00. The summed E-state index contributed by atoms with van der Waals surface area (Å²) in [6.45, 7) is 8.45. The van der Waals surface area contributed by atoms with Gasteiger partial charge < -0.3 is 15.5 Å². The van der Waals surface area contributed by atoms with E-state index in [2.05, 4.69) is 24.1 Å². The lowest BCUT2D eigenvalue weighted by Crippen LogP contribution is -2.43. The molecule has 118 valence electrons. The van der Waals surface area contributed by atoms with E-state index in [9.17, 15) is 4.79 Å². The van der Waals surface area contributed by atoms with Gasteiger partial charge in [0, 0.05) is 6.04 Å². The molecule has 2 rings (SSSR count). The zero-order chi connectivity index (χ0) is 15.6. The van der Waals surface area contributed by atoms with Crippen LogP contribution >= 0.6 is 0 Å². The maximum atomic E-state index is 12.3. The molecule has 3 N–H and O–H groups in total. The molecule has 1 heterocycles. The third-order valence-corrected chi connectivity index (χ3v) is 4.78. The number of nitrogens with two attached hydrogens (primary N) is 1. The zero-order valence-corrected chi connectivity index (χ0v) is 13.4. The minimum absolute atomic E-state index is 0.160. The lowest BCUT2D eigenvalue weighted by atomic mass is 9.78. The largest absolute Gasteiger partial charge is 0.446 e. The van der Waals surface area contributed by atoms with Crippen molar-refractivity contribution in [3.63, 3.8) is 0 Å². The van der Waals surface area contributed by atoms with E-state index in [0.717, 1.165) is 6.42 Å². The lowest BCUT2D eigenvalue weighted by Gasteiger charge is -2.34. The van der Waals surface area contributed by atoms with Gasteiger partial charge in [-0.3, -0.25) is 4.79 Å². The Morgan fingerprint density at radius 1 is 1.43 bits per heavy atom. The minimum Gasteiger partial charge on any atom is -0.446 e. The molecule has 0 radical (unpaired) electrons. The van der Waals surface area contributed by atoms with Crippen molar-refractivity contribution >= 4 is 5.91 Å². The predicted molar refractivity (Wildman–Crippen MR) is 81.7 cm³/mol. The number of oxazole rings is 1. The average molecular weight is 293 g/mol. The van der Waals surface area contributed by atoms with Gasteiger partial charge in [-0.2, -0.15) is 0 Å². The van der Waals surface area contributed by atoms with E-state index in [1.165, 1.54) is 19.1 Å². The molecular weight excluding hydrogens is 266 g/mol. The minimum atomic E-state index is -0.278. The second-order valence-corrected chi connectivity index (χ2v) is 6.69. The van der Waals surface area contributed by atoms with E-state index in [0.29, 0.717) is 23.4 Å². The van der Waals surface area contributed by atoms with Gasteiger partial charge in [-0.15, -0.1) is 0 Å². The SMILES string of the molecule is CC(C)C(N)c1nc(C(=O)NC2CCCC(C)C2C)co1. The van der Waals surface area contributed by atoms with E-state index in [1.54, 1.807) is 0 Å². The van der Waals surface area contributed by atoms with E-state index in [1.807, 2.05) is 13.8 Å². The Bertz CT molecular complexity index is 484. The van der Waals surface area contributed by atoms with E-state index < -0.39 is 0 Å². The van der Waals surface area contributed by atoms with Crippen molar-refractivity contribution in [2.45, 2.75) is 59.0 Å². The van der Waals surface area contributed by atoms with Crippen molar-refractivity contribution in [1.82, 2.24) is 10.3 Å². The van der Waals surface area contributed by atoms with Gasteiger partial charge in [0.15, 0.2) is 5.69 Å². The number of amides is 1. The molecule has 1 aromatic rings. The predicted octanol–water partition coefficient (Wildman–Crippen LogP) is 2.88. The number of hydrogen-bond donors (Lipinski definition) is 2. The van der Waals surface area contributed by atoms with Crippen molar-refractivity contribution in [2.75, 3.05) is 0 Å². The monoisotopic (exact) mass is 293 g/mol. The molecule has 0 aliphatic heterocycles. The van der Waals surface area contributed by atoms with Gasteiger partial charge in [-0.05, 0) is 24.2 Å². The van der Waals surface area contributed by atoms with Crippen LogP contribution < -0.4 is 11.1 Å². The number of aromatic nitrogens is 1. The molecule has 4 atom stereocenters. The highest BCUT2D eigenvalue weighted by atomic mass is 16.3. The van der Waals surface area contributed by atoms with Gasteiger partial charge in [0.05, 0.1) is 6.04 Å². The Kier molecular flexibility index (Phi) is 5.04. The molecule has 5 heteroatoms. The number of carbonyl (C=O) groups is 1. The van der Waals surface area contributed by atoms with Crippen molar-refractivity contribution in [3.8, 4) is 0 Å². The van der Waals surface area contributed by atoms with Crippen LogP contribution in [0.3, 0.4) is 0 Å². The first-order chi connectivity index (χ1) is 9.90. The maximum Gasteiger partial charge on any atom is 0.273 e. The van der Waals surface area contributed by atoms with Crippen LogP contribution in [-0.4, -0.2) is 16.9 Å². The summed E-state index contributed by atoms with van der Waals surface area (Å²) < 4.78 is 5.35. The van der Waals surface area contributed by atoms with Crippen LogP contribution in [-0.2, 0) is 0 Å². The summed E-state index contributed by atoms with van der Waals surface area (Å²) in [7, 11) is 0. The highest BCUT2D eigenvalue weighted by molar-refractivity contribution is 5.92. The van der Waals surface area contributed by atoms with Crippen LogP contribution in [0.5, 0.6) is 0 Å². The fraction of sp³-hybridized carbons (Fsp3) is 0.750. The van der Waals surface area contributed by atoms with Crippen molar-refractivity contribution in [1.29, 1.82) is 0 Å². The molecule has 1 fully saturated rings. The highest BCUT2D eigenvalue weighted by Crippen LogP contribution is 2.29. The summed E-state index contributed by atoms with van der Waals surface area (Å²) in [6.07, 6.45) is 4.85. The molecule has 1 aliphatic carbocycles. The topological polar surface area (TPSA) is 81.1 Å². The van der Waals surface area contributed by atoms with Gasteiger partial charge in [0.25, 0.3) is 5.91 Å². The Labute approximate surface area is 126 Å². The first kappa shape index (κ1) is 16.0. The normalized spacial score (nSPS) is 27.6. The van der Waals surface area contributed by atoms with E-state index in [4.69, 9.17) is 10.2 Å². The summed E-state index contributed by atoms with van der Waals surface area (Å²) in [5, 5.41) is 3.09. The lowest BCUT2D eigenvalue weighted by molar-refractivity contribution is 0.0886.